The van der Waals surface area contributed by atoms with E-state index in [1.165, 1.54) is 0 Å². The summed E-state index contributed by atoms with van der Waals surface area (Å²) < 4.78 is 0. The molecule has 0 aromatic rings. The standard InChI is InChI=1S/C7H13N3O/c1-10(11)5-2-3-6(8)7(9)4-5/h4,10H,2-3,8-9H2,1H3. The smallest absolute Gasteiger partial charge is 0.109 e. The van der Waals surface area contributed by atoms with Gasteiger partial charge in [0.05, 0.1) is 12.7 Å². The van der Waals surface area contributed by atoms with Crippen LogP contribution in [-0.4, -0.2) is 7.05 Å². The van der Waals surface area contributed by atoms with Crippen LogP contribution in [0.25, 0.3) is 0 Å². The van der Waals surface area contributed by atoms with E-state index in [1.807, 2.05) is 0 Å². The van der Waals surface area contributed by atoms with Crippen LogP contribution >= 0.6 is 0 Å². The van der Waals surface area contributed by atoms with Crippen molar-refractivity contribution in [2.24, 2.45) is 11.5 Å². The van der Waals surface area contributed by atoms with E-state index in [4.69, 9.17) is 11.5 Å². The summed E-state index contributed by atoms with van der Waals surface area (Å²) >= 11 is 0. The molecule has 0 saturated heterocycles. The highest BCUT2D eigenvalue weighted by Gasteiger charge is 2.11. The first-order chi connectivity index (χ1) is 5.11. The zero-order chi connectivity index (χ0) is 8.43. The molecule has 11 heavy (non-hydrogen) atoms. The van der Waals surface area contributed by atoms with Gasteiger partial charge in [0.15, 0.2) is 0 Å². The molecule has 1 aliphatic carbocycles. The van der Waals surface area contributed by atoms with Crippen molar-refractivity contribution in [3.8, 4) is 0 Å². The Balaban J connectivity index is 2.81. The van der Waals surface area contributed by atoms with E-state index in [0.29, 0.717) is 17.8 Å². The zero-order valence-corrected chi connectivity index (χ0v) is 6.55. The maximum Gasteiger partial charge on any atom is 0.109 e. The lowest BCUT2D eigenvalue weighted by Gasteiger charge is -2.22. The average Bonchev–Trinajstić information content (AvgIpc) is 1.94. The molecule has 0 spiro atoms. The van der Waals surface area contributed by atoms with Gasteiger partial charge in [-0.25, -0.2) is 0 Å². The van der Waals surface area contributed by atoms with E-state index < -0.39 is 0 Å². The number of rotatable bonds is 1. The van der Waals surface area contributed by atoms with Gasteiger partial charge in [-0.15, -0.1) is 0 Å². The molecule has 62 valence electrons. The van der Waals surface area contributed by atoms with Crippen LogP contribution in [0.1, 0.15) is 12.8 Å². The summed E-state index contributed by atoms with van der Waals surface area (Å²) in [5.74, 6) is 0. The van der Waals surface area contributed by atoms with Crippen molar-refractivity contribution in [3.05, 3.63) is 28.4 Å². The fourth-order valence-electron chi connectivity index (χ4n) is 1.04. The molecule has 0 radical (unpaired) electrons. The van der Waals surface area contributed by atoms with Crippen molar-refractivity contribution >= 4 is 0 Å². The van der Waals surface area contributed by atoms with Crippen LogP contribution in [0.5, 0.6) is 0 Å². The van der Waals surface area contributed by atoms with Gasteiger partial charge in [0.1, 0.15) is 5.70 Å². The van der Waals surface area contributed by atoms with Gasteiger partial charge in [0.25, 0.3) is 0 Å². The van der Waals surface area contributed by atoms with Gasteiger partial charge in [-0.3, -0.25) is 0 Å². The summed E-state index contributed by atoms with van der Waals surface area (Å²) in [6.45, 7) is 0. The highest BCUT2D eigenvalue weighted by atomic mass is 16.5. The minimum atomic E-state index is 0.0838. The third-order valence-electron chi connectivity index (χ3n) is 1.82. The second-order valence-electron chi connectivity index (χ2n) is 2.71. The van der Waals surface area contributed by atoms with Crippen molar-refractivity contribution in [1.29, 1.82) is 0 Å². The first-order valence-electron chi connectivity index (χ1n) is 3.57. The monoisotopic (exact) mass is 155 g/mol. The first-order valence-corrected chi connectivity index (χ1v) is 3.57. The maximum absolute atomic E-state index is 10.9. The zero-order valence-electron chi connectivity index (χ0n) is 6.55. The van der Waals surface area contributed by atoms with Crippen LogP contribution in [0.2, 0.25) is 0 Å². The summed E-state index contributed by atoms with van der Waals surface area (Å²) in [7, 11) is 1.54. The van der Waals surface area contributed by atoms with Gasteiger partial charge in [-0.1, -0.05) is 0 Å². The van der Waals surface area contributed by atoms with Crippen LogP contribution in [0, 0.1) is 5.21 Å². The van der Waals surface area contributed by atoms with Gasteiger partial charge < -0.3 is 21.7 Å². The lowest BCUT2D eigenvalue weighted by molar-refractivity contribution is -0.784. The Hall–Kier alpha value is -1.00. The molecule has 0 aromatic heterocycles. The van der Waals surface area contributed by atoms with Gasteiger partial charge in [-0.05, 0) is 6.42 Å². The average molecular weight is 155 g/mol. The number of allylic oxidation sites excluding steroid dienone is 3. The Morgan fingerprint density at radius 1 is 1.45 bits per heavy atom. The molecule has 4 heteroatoms. The van der Waals surface area contributed by atoms with Crippen LogP contribution in [0.4, 0.5) is 0 Å². The molecule has 1 unspecified atom stereocenters. The molecular formula is C7H13N3O. The summed E-state index contributed by atoms with van der Waals surface area (Å²) in [6, 6.07) is 0. The molecule has 1 atom stereocenters. The third kappa shape index (κ3) is 1.72. The number of hydrogen-bond acceptors (Lipinski definition) is 3. The number of nitrogens with two attached hydrogens (primary N) is 2. The second-order valence-corrected chi connectivity index (χ2v) is 2.71. The third-order valence-corrected chi connectivity index (χ3v) is 1.82. The van der Waals surface area contributed by atoms with Crippen LogP contribution in [0.15, 0.2) is 23.2 Å². The molecule has 0 heterocycles. The summed E-state index contributed by atoms with van der Waals surface area (Å²) in [4.78, 5) is 0. The molecule has 1 aliphatic rings. The molecule has 1 rings (SSSR count). The number of hydrogen-bond donors (Lipinski definition) is 3. The molecule has 0 amide bonds. The Labute approximate surface area is 65.7 Å². The quantitative estimate of drug-likeness (QED) is 0.416. The van der Waals surface area contributed by atoms with E-state index in [-0.39, 0.29) is 5.06 Å². The normalized spacial score (nSPS) is 21.5. The fraction of sp³-hybridized carbons (Fsp3) is 0.429. The van der Waals surface area contributed by atoms with Gasteiger partial charge >= 0.3 is 0 Å². The number of nitrogens with one attached hydrogen (secondary N) is 1. The minimum absolute atomic E-state index is 0.0838. The van der Waals surface area contributed by atoms with E-state index >= 15 is 0 Å². The van der Waals surface area contributed by atoms with Crippen molar-refractivity contribution < 1.29 is 5.06 Å². The van der Waals surface area contributed by atoms with Crippen LogP contribution in [-0.2, 0) is 0 Å². The second kappa shape index (κ2) is 2.94. The molecule has 0 saturated carbocycles. The Morgan fingerprint density at radius 2 is 2.09 bits per heavy atom. The molecule has 0 fully saturated rings. The summed E-state index contributed by atoms with van der Waals surface area (Å²) in [5.41, 5.74) is 13.1. The first kappa shape index (κ1) is 8.10. The van der Waals surface area contributed by atoms with E-state index in [2.05, 4.69) is 0 Å². The van der Waals surface area contributed by atoms with Crippen LogP contribution in [0.3, 0.4) is 0 Å². The molecule has 0 aliphatic heterocycles. The van der Waals surface area contributed by atoms with Crippen molar-refractivity contribution in [2.45, 2.75) is 12.8 Å². The Morgan fingerprint density at radius 3 is 2.55 bits per heavy atom. The number of hydroxylamine groups is 2. The van der Waals surface area contributed by atoms with Crippen molar-refractivity contribution in [3.63, 3.8) is 0 Å². The largest absolute Gasteiger partial charge is 0.629 e. The molecule has 4 nitrogen and oxygen atoms in total. The van der Waals surface area contributed by atoms with E-state index in [0.717, 1.165) is 12.1 Å². The van der Waals surface area contributed by atoms with Gasteiger partial charge in [0.2, 0.25) is 0 Å². The lowest BCUT2D eigenvalue weighted by Crippen LogP contribution is -3.01. The fourth-order valence-corrected chi connectivity index (χ4v) is 1.04. The molecule has 0 bridgehead atoms. The topological polar surface area (TPSA) is 79.5 Å². The van der Waals surface area contributed by atoms with E-state index in [1.54, 1.807) is 13.1 Å². The van der Waals surface area contributed by atoms with Crippen molar-refractivity contribution in [1.82, 2.24) is 0 Å². The molecular weight excluding hydrogens is 142 g/mol. The minimum Gasteiger partial charge on any atom is -0.629 e. The Kier molecular flexibility index (Phi) is 2.16. The van der Waals surface area contributed by atoms with Crippen LogP contribution < -0.4 is 16.5 Å². The predicted octanol–water partition coefficient (Wildman–Crippen LogP) is -1.19. The van der Waals surface area contributed by atoms with E-state index in [9.17, 15) is 5.21 Å². The predicted molar refractivity (Wildman–Crippen MR) is 43.0 cm³/mol. The highest BCUT2D eigenvalue weighted by Crippen LogP contribution is 2.13. The summed E-state index contributed by atoms with van der Waals surface area (Å²) in [5, 5.41) is 10.9. The lowest BCUT2D eigenvalue weighted by atomic mass is 10.1. The highest BCUT2D eigenvalue weighted by molar-refractivity contribution is 5.26. The molecule has 5 N–H and O–H groups in total. The van der Waals surface area contributed by atoms with Crippen molar-refractivity contribution in [2.75, 3.05) is 7.05 Å². The van der Waals surface area contributed by atoms with Gasteiger partial charge in [-0.2, -0.15) is 0 Å². The Bertz CT molecular complexity index is 218. The number of quaternary nitrogens is 1. The molecule has 0 aromatic carbocycles. The SMILES string of the molecule is C[NH+]([O-])C1=CC(N)=C(N)CC1. The summed E-state index contributed by atoms with van der Waals surface area (Å²) in [6.07, 6.45) is 3.10. The maximum atomic E-state index is 10.9. The van der Waals surface area contributed by atoms with Gasteiger partial charge in [0, 0.05) is 18.2 Å².